The minimum absolute atomic E-state index is 0.0606. The van der Waals surface area contributed by atoms with Crippen LogP contribution in [0.15, 0.2) is 0 Å². The van der Waals surface area contributed by atoms with E-state index in [1.165, 1.54) is 0 Å². The topological polar surface area (TPSA) is 81.1 Å². The van der Waals surface area contributed by atoms with Crippen LogP contribution in [0.3, 0.4) is 0 Å². The quantitative estimate of drug-likeness (QED) is 0.645. The monoisotopic (exact) mass is 225 g/mol. The van der Waals surface area contributed by atoms with Gasteiger partial charge in [-0.15, -0.1) is 0 Å². The van der Waals surface area contributed by atoms with Crippen molar-refractivity contribution in [3.63, 3.8) is 0 Å². The highest BCUT2D eigenvalue weighted by atomic mass is 16.2. The zero-order chi connectivity index (χ0) is 11.6. The van der Waals surface area contributed by atoms with Crippen molar-refractivity contribution in [3.8, 4) is 0 Å². The molecule has 0 spiro atoms. The van der Waals surface area contributed by atoms with Gasteiger partial charge < -0.3 is 16.8 Å². The van der Waals surface area contributed by atoms with E-state index in [9.17, 15) is 4.79 Å². The first-order valence-electron chi connectivity index (χ1n) is 6.45. The van der Waals surface area contributed by atoms with E-state index in [2.05, 4.69) is 5.32 Å². The first-order valence-corrected chi connectivity index (χ1v) is 6.45. The molecule has 0 radical (unpaired) electrons. The van der Waals surface area contributed by atoms with Crippen molar-refractivity contribution < 1.29 is 4.79 Å². The molecule has 0 heterocycles. The lowest BCUT2D eigenvalue weighted by Crippen LogP contribution is -2.55. The van der Waals surface area contributed by atoms with E-state index in [0.29, 0.717) is 12.1 Å². The van der Waals surface area contributed by atoms with Crippen LogP contribution in [0.4, 0.5) is 0 Å². The summed E-state index contributed by atoms with van der Waals surface area (Å²) in [5.41, 5.74) is 11.4. The molecular formula is C12H23N3O. The van der Waals surface area contributed by atoms with E-state index < -0.39 is 5.54 Å². The second-order valence-corrected chi connectivity index (χ2v) is 5.45. The fraction of sp³-hybridized carbons (Fsp3) is 0.917. The number of amides is 1. The Balaban J connectivity index is 1.83. The number of hydrogen-bond acceptors (Lipinski definition) is 3. The third kappa shape index (κ3) is 2.55. The lowest BCUT2D eigenvalue weighted by Gasteiger charge is -2.30. The maximum Gasteiger partial charge on any atom is 0.240 e. The van der Waals surface area contributed by atoms with Crippen LogP contribution in [0.5, 0.6) is 0 Å². The summed E-state index contributed by atoms with van der Waals surface area (Å²) in [6.07, 6.45) is 7.88. The van der Waals surface area contributed by atoms with Gasteiger partial charge in [0.15, 0.2) is 0 Å². The lowest BCUT2D eigenvalue weighted by molar-refractivity contribution is -0.127. The van der Waals surface area contributed by atoms with Gasteiger partial charge in [-0.25, -0.2) is 0 Å². The van der Waals surface area contributed by atoms with Crippen LogP contribution in [-0.4, -0.2) is 23.5 Å². The van der Waals surface area contributed by atoms with Crippen LogP contribution < -0.4 is 16.8 Å². The predicted molar refractivity (Wildman–Crippen MR) is 63.8 cm³/mol. The summed E-state index contributed by atoms with van der Waals surface area (Å²) in [6.45, 7) is 0. The molecule has 4 heteroatoms. The Labute approximate surface area is 97.1 Å². The molecule has 5 N–H and O–H groups in total. The number of nitrogens with two attached hydrogens (primary N) is 2. The van der Waals surface area contributed by atoms with Crippen molar-refractivity contribution in [2.45, 2.75) is 69.0 Å². The van der Waals surface area contributed by atoms with E-state index in [0.717, 1.165) is 51.4 Å². The van der Waals surface area contributed by atoms with Crippen molar-refractivity contribution in [2.24, 2.45) is 11.5 Å². The third-order valence-electron chi connectivity index (χ3n) is 4.06. The van der Waals surface area contributed by atoms with Crippen LogP contribution in [0, 0.1) is 0 Å². The molecule has 0 saturated heterocycles. The Morgan fingerprint density at radius 1 is 1.12 bits per heavy atom. The Kier molecular flexibility index (Phi) is 3.50. The van der Waals surface area contributed by atoms with Gasteiger partial charge in [-0.1, -0.05) is 12.8 Å². The minimum atomic E-state index is -0.584. The molecule has 0 aliphatic heterocycles. The largest absolute Gasteiger partial charge is 0.352 e. The van der Waals surface area contributed by atoms with Crippen LogP contribution in [-0.2, 0) is 4.79 Å². The Morgan fingerprint density at radius 3 is 2.25 bits per heavy atom. The SMILES string of the molecule is NC1CCC(NC(=O)C2(N)CCCC2)CC1. The van der Waals surface area contributed by atoms with Gasteiger partial charge >= 0.3 is 0 Å². The summed E-state index contributed by atoms with van der Waals surface area (Å²) in [5, 5.41) is 3.10. The molecule has 0 atom stereocenters. The molecule has 0 bridgehead atoms. The molecule has 2 aliphatic rings. The average Bonchev–Trinajstić information content (AvgIpc) is 2.70. The van der Waals surface area contributed by atoms with Crippen LogP contribution in [0.1, 0.15) is 51.4 Å². The molecule has 2 fully saturated rings. The van der Waals surface area contributed by atoms with Crippen molar-refractivity contribution in [3.05, 3.63) is 0 Å². The van der Waals surface area contributed by atoms with Gasteiger partial charge in [0.05, 0.1) is 5.54 Å². The fourth-order valence-corrected chi connectivity index (χ4v) is 2.83. The van der Waals surface area contributed by atoms with E-state index in [1.54, 1.807) is 0 Å². The number of hydrogen-bond donors (Lipinski definition) is 3. The van der Waals surface area contributed by atoms with E-state index in [-0.39, 0.29) is 5.91 Å². The van der Waals surface area contributed by atoms with Crippen molar-refractivity contribution in [1.29, 1.82) is 0 Å². The standard InChI is InChI=1S/C12H23N3O/c13-9-3-5-10(6-4-9)15-11(16)12(14)7-1-2-8-12/h9-10H,1-8,13-14H2,(H,15,16). The second kappa shape index (κ2) is 4.72. The summed E-state index contributed by atoms with van der Waals surface area (Å²) in [7, 11) is 0. The molecule has 2 saturated carbocycles. The summed E-state index contributed by atoms with van der Waals surface area (Å²) in [6, 6.07) is 0.625. The summed E-state index contributed by atoms with van der Waals surface area (Å²) >= 11 is 0. The molecule has 1 amide bonds. The molecule has 0 aromatic carbocycles. The summed E-state index contributed by atoms with van der Waals surface area (Å²) < 4.78 is 0. The zero-order valence-corrected chi connectivity index (χ0v) is 9.87. The molecule has 2 aliphatic carbocycles. The highest BCUT2D eigenvalue weighted by molar-refractivity contribution is 5.86. The smallest absolute Gasteiger partial charge is 0.240 e. The lowest BCUT2D eigenvalue weighted by atomic mass is 9.90. The number of rotatable bonds is 2. The van der Waals surface area contributed by atoms with Gasteiger partial charge in [-0.2, -0.15) is 0 Å². The molecule has 4 nitrogen and oxygen atoms in total. The minimum Gasteiger partial charge on any atom is -0.352 e. The van der Waals surface area contributed by atoms with Gasteiger partial charge in [0.2, 0.25) is 5.91 Å². The molecule has 0 aromatic rings. The molecule has 92 valence electrons. The van der Waals surface area contributed by atoms with Gasteiger partial charge in [-0.3, -0.25) is 4.79 Å². The highest BCUT2D eigenvalue weighted by Gasteiger charge is 2.38. The number of nitrogens with one attached hydrogen (secondary N) is 1. The van der Waals surface area contributed by atoms with Crippen LogP contribution >= 0.6 is 0 Å². The predicted octanol–water partition coefficient (Wildman–Crippen LogP) is 0.644. The van der Waals surface area contributed by atoms with E-state index >= 15 is 0 Å². The van der Waals surface area contributed by atoms with Crippen molar-refractivity contribution in [1.82, 2.24) is 5.32 Å². The van der Waals surface area contributed by atoms with Gasteiger partial charge in [0.25, 0.3) is 0 Å². The van der Waals surface area contributed by atoms with Gasteiger partial charge in [0, 0.05) is 12.1 Å². The van der Waals surface area contributed by atoms with Gasteiger partial charge in [-0.05, 0) is 38.5 Å². The van der Waals surface area contributed by atoms with Crippen molar-refractivity contribution >= 4 is 5.91 Å². The average molecular weight is 225 g/mol. The normalized spacial score (nSPS) is 33.6. The zero-order valence-electron chi connectivity index (χ0n) is 9.87. The molecule has 0 unspecified atom stereocenters. The molecule has 2 rings (SSSR count). The first kappa shape index (κ1) is 11.9. The first-order chi connectivity index (χ1) is 7.60. The maximum atomic E-state index is 12.0. The number of carbonyl (C=O) groups is 1. The molecule has 0 aromatic heterocycles. The van der Waals surface area contributed by atoms with Gasteiger partial charge in [0.1, 0.15) is 0 Å². The van der Waals surface area contributed by atoms with Crippen LogP contribution in [0.25, 0.3) is 0 Å². The third-order valence-corrected chi connectivity index (χ3v) is 4.06. The van der Waals surface area contributed by atoms with Crippen LogP contribution in [0.2, 0.25) is 0 Å². The van der Waals surface area contributed by atoms with E-state index in [1.807, 2.05) is 0 Å². The molecular weight excluding hydrogens is 202 g/mol. The highest BCUT2D eigenvalue weighted by Crippen LogP contribution is 2.28. The van der Waals surface area contributed by atoms with Crippen molar-refractivity contribution in [2.75, 3.05) is 0 Å². The Morgan fingerprint density at radius 2 is 1.69 bits per heavy atom. The maximum absolute atomic E-state index is 12.0. The Hall–Kier alpha value is -0.610. The molecule has 16 heavy (non-hydrogen) atoms. The fourth-order valence-electron chi connectivity index (χ4n) is 2.83. The summed E-state index contributed by atoms with van der Waals surface area (Å²) in [5.74, 6) is 0.0606. The van der Waals surface area contributed by atoms with E-state index in [4.69, 9.17) is 11.5 Å². The second-order valence-electron chi connectivity index (χ2n) is 5.45. The Bertz CT molecular complexity index is 253. The summed E-state index contributed by atoms with van der Waals surface area (Å²) in [4.78, 5) is 12.0. The number of carbonyl (C=O) groups excluding carboxylic acids is 1.